The number of benzene rings is 1. The summed E-state index contributed by atoms with van der Waals surface area (Å²) in [7, 11) is 0. The van der Waals surface area contributed by atoms with Gasteiger partial charge in [-0.1, -0.05) is 17.7 Å². The van der Waals surface area contributed by atoms with Gasteiger partial charge in [0.25, 0.3) is 5.91 Å². The summed E-state index contributed by atoms with van der Waals surface area (Å²) in [5.41, 5.74) is 0.560. The molecule has 0 bridgehead atoms. The highest BCUT2D eigenvalue weighted by molar-refractivity contribution is 7.99. The molecule has 2 aliphatic heterocycles. The van der Waals surface area contributed by atoms with Gasteiger partial charge in [-0.2, -0.15) is 0 Å². The Morgan fingerprint density at radius 2 is 2.30 bits per heavy atom. The number of nitrogens with zero attached hydrogens (tertiary/aromatic N) is 1. The fourth-order valence-corrected chi connectivity index (χ4v) is 4.08. The van der Waals surface area contributed by atoms with Gasteiger partial charge in [0.15, 0.2) is 0 Å². The van der Waals surface area contributed by atoms with Crippen molar-refractivity contribution in [2.45, 2.75) is 12.5 Å². The van der Waals surface area contributed by atoms with Crippen molar-refractivity contribution in [3.8, 4) is 0 Å². The summed E-state index contributed by atoms with van der Waals surface area (Å²) in [6, 6.07) is 6.79. The van der Waals surface area contributed by atoms with E-state index in [1.54, 1.807) is 36.0 Å². The molecule has 7 heteroatoms. The molecule has 3 rings (SSSR count). The Kier molecular flexibility index (Phi) is 5.46. The maximum Gasteiger partial charge on any atom is 0.251 e. The fourth-order valence-electron chi connectivity index (χ4n) is 2.93. The topological polar surface area (TPSA) is 61.4 Å². The number of hydrogen-bond donors (Lipinski definition) is 2. The summed E-state index contributed by atoms with van der Waals surface area (Å²) >= 11 is 7.69. The van der Waals surface area contributed by atoms with Gasteiger partial charge in [0.1, 0.15) is 0 Å². The van der Waals surface area contributed by atoms with Gasteiger partial charge in [-0.25, -0.2) is 0 Å². The van der Waals surface area contributed by atoms with Gasteiger partial charge in [0.05, 0.1) is 11.9 Å². The minimum atomic E-state index is -0.127. The molecule has 0 radical (unpaired) electrons. The van der Waals surface area contributed by atoms with Crippen molar-refractivity contribution in [2.75, 3.05) is 31.3 Å². The number of amides is 2. The molecule has 2 saturated heterocycles. The molecule has 2 heterocycles. The molecule has 2 amide bonds. The highest BCUT2D eigenvalue weighted by Crippen LogP contribution is 2.20. The second-order valence-electron chi connectivity index (χ2n) is 5.92. The Labute approximate surface area is 145 Å². The van der Waals surface area contributed by atoms with Crippen LogP contribution < -0.4 is 10.6 Å². The fraction of sp³-hybridized carbons (Fsp3) is 0.500. The molecule has 2 fully saturated rings. The molecule has 23 heavy (non-hydrogen) atoms. The van der Waals surface area contributed by atoms with E-state index in [1.165, 1.54) is 0 Å². The van der Waals surface area contributed by atoms with Crippen molar-refractivity contribution in [3.05, 3.63) is 34.9 Å². The zero-order chi connectivity index (χ0) is 16.2. The van der Waals surface area contributed by atoms with Gasteiger partial charge in [-0.3, -0.25) is 9.59 Å². The van der Waals surface area contributed by atoms with Crippen LogP contribution >= 0.6 is 23.4 Å². The van der Waals surface area contributed by atoms with Gasteiger partial charge in [0.2, 0.25) is 5.91 Å². The van der Waals surface area contributed by atoms with E-state index in [4.69, 9.17) is 11.6 Å². The Morgan fingerprint density at radius 1 is 1.43 bits per heavy atom. The quantitative estimate of drug-likeness (QED) is 0.862. The maximum atomic E-state index is 12.3. The van der Waals surface area contributed by atoms with Crippen molar-refractivity contribution in [3.63, 3.8) is 0 Å². The van der Waals surface area contributed by atoms with Crippen LogP contribution in [0.1, 0.15) is 16.8 Å². The Hall–Kier alpha value is -1.24. The van der Waals surface area contributed by atoms with Gasteiger partial charge in [-0.15, -0.1) is 11.8 Å². The first-order valence-corrected chi connectivity index (χ1v) is 9.30. The van der Waals surface area contributed by atoms with Gasteiger partial charge in [0, 0.05) is 36.0 Å². The monoisotopic (exact) mass is 353 g/mol. The Bertz CT molecular complexity index is 592. The number of carbonyl (C=O) groups excluding carboxylic acids is 2. The number of carbonyl (C=O) groups is 2. The summed E-state index contributed by atoms with van der Waals surface area (Å²) < 4.78 is 0. The molecular formula is C16H20ClN3O2S. The standard InChI is InChI=1S/C16H20ClN3O2S/c17-13-3-1-2-12(7-13)15(21)19-9-11-6-14(18-8-11)16(22)20-4-5-23-10-20/h1-3,7,11,14,18H,4-6,8-10H2,(H,19,21)/t11-,14-/m0/s1. The number of nitrogens with one attached hydrogen (secondary N) is 2. The lowest BCUT2D eigenvalue weighted by atomic mass is 10.0. The number of rotatable bonds is 4. The maximum absolute atomic E-state index is 12.3. The largest absolute Gasteiger partial charge is 0.352 e. The van der Waals surface area contributed by atoms with Crippen molar-refractivity contribution < 1.29 is 9.59 Å². The molecule has 0 saturated carbocycles. The average molecular weight is 354 g/mol. The first-order valence-electron chi connectivity index (χ1n) is 7.77. The normalized spacial score (nSPS) is 24.0. The lowest BCUT2D eigenvalue weighted by molar-refractivity contribution is -0.131. The van der Waals surface area contributed by atoms with Gasteiger partial charge >= 0.3 is 0 Å². The highest BCUT2D eigenvalue weighted by atomic mass is 35.5. The SMILES string of the molecule is O=C(NC[C@@H]1CN[C@H](C(=O)N2CCSC2)C1)c1cccc(Cl)c1. The first kappa shape index (κ1) is 16.6. The summed E-state index contributed by atoms with van der Waals surface area (Å²) in [6.07, 6.45) is 0.774. The summed E-state index contributed by atoms with van der Waals surface area (Å²) in [5, 5.41) is 6.76. The molecule has 0 spiro atoms. The van der Waals surface area contributed by atoms with Crippen LogP contribution in [0, 0.1) is 5.92 Å². The van der Waals surface area contributed by atoms with Crippen LogP contribution in [0.4, 0.5) is 0 Å². The van der Waals surface area contributed by atoms with Crippen LogP contribution in [0.3, 0.4) is 0 Å². The summed E-state index contributed by atoms with van der Waals surface area (Å²) in [5.74, 6) is 2.17. The van der Waals surface area contributed by atoms with Crippen LogP contribution in [-0.4, -0.2) is 54.0 Å². The van der Waals surface area contributed by atoms with Gasteiger partial charge < -0.3 is 15.5 Å². The van der Waals surface area contributed by atoms with Crippen LogP contribution in [0.5, 0.6) is 0 Å². The number of hydrogen-bond acceptors (Lipinski definition) is 4. The van der Waals surface area contributed by atoms with Crippen LogP contribution in [0.15, 0.2) is 24.3 Å². The molecular weight excluding hydrogens is 334 g/mol. The molecule has 0 unspecified atom stereocenters. The molecule has 0 aliphatic carbocycles. The first-order chi connectivity index (χ1) is 11.1. The number of halogens is 1. The molecule has 5 nitrogen and oxygen atoms in total. The van der Waals surface area contributed by atoms with E-state index in [2.05, 4.69) is 10.6 Å². The van der Waals surface area contributed by atoms with E-state index in [-0.39, 0.29) is 23.8 Å². The zero-order valence-corrected chi connectivity index (χ0v) is 14.3. The molecule has 1 aromatic rings. The second-order valence-corrected chi connectivity index (χ2v) is 7.43. The third-order valence-corrected chi connectivity index (χ3v) is 5.42. The molecule has 2 aliphatic rings. The molecule has 2 N–H and O–H groups in total. The molecule has 124 valence electrons. The van der Waals surface area contributed by atoms with Crippen molar-refractivity contribution in [2.24, 2.45) is 5.92 Å². The predicted molar refractivity (Wildman–Crippen MR) is 92.7 cm³/mol. The second kappa shape index (κ2) is 7.55. The molecule has 0 aromatic heterocycles. The Morgan fingerprint density at radius 3 is 3.04 bits per heavy atom. The van der Waals surface area contributed by atoms with E-state index in [9.17, 15) is 9.59 Å². The average Bonchev–Trinajstić information content (AvgIpc) is 3.23. The van der Waals surface area contributed by atoms with Crippen molar-refractivity contribution in [1.82, 2.24) is 15.5 Å². The van der Waals surface area contributed by atoms with Crippen LogP contribution in [0.25, 0.3) is 0 Å². The van der Waals surface area contributed by atoms with E-state index >= 15 is 0 Å². The van der Waals surface area contributed by atoms with E-state index < -0.39 is 0 Å². The van der Waals surface area contributed by atoms with E-state index in [1.807, 2.05) is 4.90 Å². The number of thioether (sulfide) groups is 1. The smallest absolute Gasteiger partial charge is 0.251 e. The minimum Gasteiger partial charge on any atom is -0.352 e. The van der Waals surface area contributed by atoms with Crippen LogP contribution in [0.2, 0.25) is 5.02 Å². The Balaban J connectivity index is 1.46. The summed E-state index contributed by atoms with van der Waals surface area (Å²) in [6.45, 7) is 2.17. The lowest BCUT2D eigenvalue weighted by Crippen LogP contribution is -2.42. The van der Waals surface area contributed by atoms with Crippen LogP contribution in [-0.2, 0) is 4.79 Å². The third-order valence-electron chi connectivity index (χ3n) is 4.22. The third kappa shape index (κ3) is 4.19. The molecule has 2 atom stereocenters. The van der Waals surface area contributed by atoms with E-state index in [0.717, 1.165) is 31.1 Å². The van der Waals surface area contributed by atoms with Crippen molar-refractivity contribution in [1.29, 1.82) is 0 Å². The lowest BCUT2D eigenvalue weighted by Gasteiger charge is -2.19. The zero-order valence-electron chi connectivity index (χ0n) is 12.8. The minimum absolute atomic E-state index is 0.109. The highest BCUT2D eigenvalue weighted by Gasteiger charge is 2.33. The predicted octanol–water partition coefficient (Wildman–Crippen LogP) is 1.58. The van der Waals surface area contributed by atoms with Gasteiger partial charge in [-0.05, 0) is 30.5 Å². The van der Waals surface area contributed by atoms with E-state index in [0.29, 0.717) is 17.1 Å². The summed E-state index contributed by atoms with van der Waals surface area (Å²) in [4.78, 5) is 26.4. The van der Waals surface area contributed by atoms with Crippen molar-refractivity contribution >= 4 is 35.2 Å². The molecule has 1 aromatic carbocycles.